The standard InChI is InChI=1S/C16H17Cl2NO3/c1-22-16(21)12-3-2-8-19(10-12)15(20)7-5-11-4-6-13(17)9-14(11)18/h4-7,9,12H,2-3,8,10H2,1H3/b7-5+. The minimum atomic E-state index is -0.262. The van der Waals surface area contributed by atoms with Crippen molar-refractivity contribution >= 4 is 41.2 Å². The van der Waals surface area contributed by atoms with E-state index in [2.05, 4.69) is 0 Å². The van der Waals surface area contributed by atoms with Gasteiger partial charge in [0.05, 0.1) is 13.0 Å². The third-order valence-corrected chi connectivity index (χ3v) is 4.20. The van der Waals surface area contributed by atoms with Gasteiger partial charge in [-0.15, -0.1) is 0 Å². The van der Waals surface area contributed by atoms with Crippen molar-refractivity contribution in [2.45, 2.75) is 12.8 Å². The Kier molecular flexibility index (Phi) is 5.86. The number of hydrogen-bond donors (Lipinski definition) is 0. The van der Waals surface area contributed by atoms with Crippen LogP contribution in [0.4, 0.5) is 0 Å². The lowest BCUT2D eigenvalue weighted by Gasteiger charge is -2.30. The van der Waals surface area contributed by atoms with E-state index in [0.717, 1.165) is 18.4 Å². The van der Waals surface area contributed by atoms with Gasteiger partial charge in [-0.2, -0.15) is 0 Å². The number of carbonyl (C=O) groups is 2. The molecule has 0 saturated carbocycles. The van der Waals surface area contributed by atoms with E-state index in [1.807, 2.05) is 0 Å². The number of hydrogen-bond acceptors (Lipinski definition) is 3. The first-order valence-corrected chi connectivity index (χ1v) is 7.76. The lowest BCUT2D eigenvalue weighted by Crippen LogP contribution is -2.41. The van der Waals surface area contributed by atoms with Gasteiger partial charge in [-0.25, -0.2) is 0 Å². The number of piperidine rings is 1. The summed E-state index contributed by atoms with van der Waals surface area (Å²) in [4.78, 5) is 25.5. The SMILES string of the molecule is COC(=O)C1CCCN(C(=O)/C=C/c2ccc(Cl)cc2Cl)C1. The number of amides is 1. The van der Waals surface area contributed by atoms with E-state index in [0.29, 0.717) is 23.1 Å². The van der Waals surface area contributed by atoms with Gasteiger partial charge in [-0.05, 0) is 36.6 Å². The molecule has 22 heavy (non-hydrogen) atoms. The molecule has 1 saturated heterocycles. The number of benzene rings is 1. The average Bonchev–Trinajstić information content (AvgIpc) is 2.53. The fourth-order valence-electron chi connectivity index (χ4n) is 2.44. The summed E-state index contributed by atoms with van der Waals surface area (Å²) in [5, 5.41) is 1.04. The second-order valence-corrected chi connectivity index (χ2v) is 5.99. The van der Waals surface area contributed by atoms with Crippen molar-refractivity contribution < 1.29 is 14.3 Å². The predicted octanol–water partition coefficient (Wildman–Crippen LogP) is 3.42. The molecule has 0 aromatic heterocycles. The summed E-state index contributed by atoms with van der Waals surface area (Å²) in [5.74, 6) is -0.642. The Morgan fingerprint density at radius 2 is 2.14 bits per heavy atom. The van der Waals surface area contributed by atoms with Crippen LogP contribution in [0.25, 0.3) is 6.08 Å². The van der Waals surface area contributed by atoms with Crippen molar-refractivity contribution in [2.75, 3.05) is 20.2 Å². The molecule has 2 rings (SSSR count). The highest BCUT2D eigenvalue weighted by Gasteiger charge is 2.28. The second kappa shape index (κ2) is 7.65. The Bertz CT molecular complexity index is 601. The first kappa shape index (κ1) is 16.8. The second-order valence-electron chi connectivity index (χ2n) is 5.15. The summed E-state index contributed by atoms with van der Waals surface area (Å²) in [5.41, 5.74) is 0.723. The number of ether oxygens (including phenoxy) is 1. The Labute approximate surface area is 139 Å². The molecule has 1 aliphatic heterocycles. The topological polar surface area (TPSA) is 46.6 Å². The molecule has 1 atom stereocenters. The van der Waals surface area contributed by atoms with Gasteiger partial charge in [0.25, 0.3) is 0 Å². The molecule has 1 amide bonds. The Hall–Kier alpha value is -1.52. The van der Waals surface area contributed by atoms with Crippen LogP contribution in [0.2, 0.25) is 10.0 Å². The van der Waals surface area contributed by atoms with Gasteiger partial charge in [-0.3, -0.25) is 9.59 Å². The van der Waals surface area contributed by atoms with Gasteiger partial charge >= 0.3 is 5.97 Å². The quantitative estimate of drug-likeness (QED) is 0.625. The molecule has 0 aliphatic carbocycles. The molecule has 6 heteroatoms. The van der Waals surface area contributed by atoms with E-state index in [-0.39, 0.29) is 17.8 Å². The van der Waals surface area contributed by atoms with Gasteiger partial charge in [0, 0.05) is 29.2 Å². The molecule has 1 unspecified atom stereocenters. The van der Waals surface area contributed by atoms with E-state index in [9.17, 15) is 9.59 Å². The molecule has 0 bridgehead atoms. The molecule has 0 radical (unpaired) electrons. The largest absolute Gasteiger partial charge is 0.469 e. The lowest BCUT2D eigenvalue weighted by molar-refractivity contribution is -0.148. The fourth-order valence-corrected chi connectivity index (χ4v) is 2.91. The Balaban J connectivity index is 2.02. The lowest BCUT2D eigenvalue weighted by atomic mass is 9.98. The highest BCUT2D eigenvalue weighted by molar-refractivity contribution is 6.35. The van der Waals surface area contributed by atoms with Crippen LogP contribution in [0.1, 0.15) is 18.4 Å². The molecule has 118 valence electrons. The van der Waals surface area contributed by atoms with Crippen LogP contribution in [0.15, 0.2) is 24.3 Å². The molecular weight excluding hydrogens is 325 g/mol. The minimum Gasteiger partial charge on any atom is -0.469 e. The van der Waals surface area contributed by atoms with Crippen LogP contribution in [-0.4, -0.2) is 37.0 Å². The third kappa shape index (κ3) is 4.24. The Morgan fingerprint density at radius 1 is 1.36 bits per heavy atom. The van der Waals surface area contributed by atoms with E-state index in [4.69, 9.17) is 27.9 Å². The molecule has 1 aromatic rings. The van der Waals surface area contributed by atoms with Crippen LogP contribution in [0, 0.1) is 5.92 Å². The summed E-state index contributed by atoms with van der Waals surface area (Å²) in [6.45, 7) is 1.04. The van der Waals surface area contributed by atoms with Crippen molar-refractivity contribution in [1.82, 2.24) is 4.90 Å². The third-order valence-electron chi connectivity index (χ3n) is 3.64. The zero-order valence-electron chi connectivity index (χ0n) is 12.2. The van der Waals surface area contributed by atoms with Crippen LogP contribution in [0.5, 0.6) is 0 Å². The minimum absolute atomic E-state index is 0.139. The summed E-state index contributed by atoms with van der Waals surface area (Å²) < 4.78 is 4.75. The van der Waals surface area contributed by atoms with E-state index >= 15 is 0 Å². The van der Waals surface area contributed by atoms with Gasteiger partial charge in [-0.1, -0.05) is 29.3 Å². The average molecular weight is 342 g/mol. The van der Waals surface area contributed by atoms with Crippen LogP contribution >= 0.6 is 23.2 Å². The fraction of sp³-hybridized carbons (Fsp3) is 0.375. The highest BCUT2D eigenvalue weighted by Crippen LogP contribution is 2.22. The van der Waals surface area contributed by atoms with Crippen LogP contribution < -0.4 is 0 Å². The zero-order valence-corrected chi connectivity index (χ0v) is 13.7. The number of likely N-dealkylation sites (tertiary alicyclic amines) is 1. The van der Waals surface area contributed by atoms with E-state index in [1.54, 1.807) is 29.2 Å². The first-order valence-electron chi connectivity index (χ1n) is 7.01. The van der Waals surface area contributed by atoms with Gasteiger partial charge in [0.1, 0.15) is 0 Å². The molecule has 1 fully saturated rings. The van der Waals surface area contributed by atoms with Crippen molar-refractivity contribution in [2.24, 2.45) is 5.92 Å². The summed E-state index contributed by atoms with van der Waals surface area (Å²) >= 11 is 11.9. The highest BCUT2D eigenvalue weighted by atomic mass is 35.5. The maximum Gasteiger partial charge on any atom is 0.310 e. The van der Waals surface area contributed by atoms with Gasteiger partial charge in [0.2, 0.25) is 5.91 Å². The molecule has 1 aliphatic rings. The number of esters is 1. The van der Waals surface area contributed by atoms with Crippen molar-refractivity contribution in [1.29, 1.82) is 0 Å². The molecule has 4 nitrogen and oxygen atoms in total. The van der Waals surface area contributed by atoms with Gasteiger partial charge in [0.15, 0.2) is 0 Å². The Morgan fingerprint density at radius 3 is 2.82 bits per heavy atom. The number of nitrogens with zero attached hydrogens (tertiary/aromatic N) is 1. The number of methoxy groups -OCH3 is 1. The first-order chi connectivity index (χ1) is 10.5. The summed E-state index contributed by atoms with van der Waals surface area (Å²) in [6.07, 6.45) is 4.67. The smallest absolute Gasteiger partial charge is 0.310 e. The van der Waals surface area contributed by atoms with Crippen molar-refractivity contribution in [3.63, 3.8) is 0 Å². The maximum atomic E-state index is 12.2. The number of carbonyl (C=O) groups excluding carboxylic acids is 2. The zero-order chi connectivity index (χ0) is 16.1. The molecular formula is C16H17Cl2NO3. The van der Waals surface area contributed by atoms with E-state index in [1.165, 1.54) is 13.2 Å². The normalized spacial score (nSPS) is 18.5. The van der Waals surface area contributed by atoms with Crippen molar-refractivity contribution in [3.05, 3.63) is 39.9 Å². The number of rotatable bonds is 3. The van der Waals surface area contributed by atoms with Crippen LogP contribution in [-0.2, 0) is 14.3 Å². The molecule has 1 aromatic carbocycles. The van der Waals surface area contributed by atoms with Crippen LogP contribution in [0.3, 0.4) is 0 Å². The van der Waals surface area contributed by atoms with Gasteiger partial charge < -0.3 is 9.64 Å². The maximum absolute atomic E-state index is 12.2. The number of halogens is 2. The monoisotopic (exact) mass is 341 g/mol. The predicted molar refractivity (Wildman–Crippen MR) is 86.8 cm³/mol. The molecule has 0 N–H and O–H groups in total. The van der Waals surface area contributed by atoms with Crippen molar-refractivity contribution in [3.8, 4) is 0 Å². The summed E-state index contributed by atoms with van der Waals surface area (Å²) in [7, 11) is 1.37. The molecule has 1 heterocycles. The van der Waals surface area contributed by atoms with E-state index < -0.39 is 0 Å². The molecule has 0 spiro atoms. The summed E-state index contributed by atoms with van der Waals surface area (Å²) in [6, 6.07) is 5.09.